The predicted octanol–water partition coefficient (Wildman–Crippen LogP) is 2.12. The average molecular weight is 151 g/mol. The van der Waals surface area contributed by atoms with Crippen LogP contribution in [0.25, 0.3) is 0 Å². The van der Waals surface area contributed by atoms with E-state index in [0.29, 0.717) is 6.42 Å². The first-order valence-corrected chi connectivity index (χ1v) is 3.46. The van der Waals surface area contributed by atoms with Gasteiger partial charge < -0.3 is 5.41 Å². The molecule has 0 aromatic heterocycles. The van der Waals surface area contributed by atoms with Gasteiger partial charge in [-0.2, -0.15) is 0 Å². The van der Waals surface area contributed by atoms with Gasteiger partial charge in [-0.3, -0.25) is 4.79 Å². The Hall–Kier alpha value is -1.18. The lowest BCUT2D eigenvalue weighted by atomic mass is 10.1. The van der Waals surface area contributed by atoms with Gasteiger partial charge in [0.2, 0.25) is 0 Å². The van der Waals surface area contributed by atoms with Crippen LogP contribution in [0.1, 0.15) is 20.3 Å². The van der Waals surface area contributed by atoms with Gasteiger partial charge in [-0.1, -0.05) is 18.7 Å². The second-order valence-corrected chi connectivity index (χ2v) is 2.37. The maximum Gasteiger partial charge on any atom is 0.173 e. The average Bonchev–Trinajstić information content (AvgIpc) is 1.87. The summed E-state index contributed by atoms with van der Waals surface area (Å²) in [7, 11) is 0. The zero-order valence-corrected chi connectivity index (χ0v) is 6.98. The molecule has 0 saturated carbocycles. The van der Waals surface area contributed by atoms with Crippen LogP contribution in [0.2, 0.25) is 0 Å². The molecule has 0 radical (unpaired) electrons. The Morgan fingerprint density at radius 2 is 2.18 bits per heavy atom. The van der Waals surface area contributed by atoms with Crippen LogP contribution in [0, 0.1) is 5.41 Å². The van der Waals surface area contributed by atoms with E-state index in [1.807, 2.05) is 13.0 Å². The van der Waals surface area contributed by atoms with Crippen molar-refractivity contribution in [2.45, 2.75) is 20.3 Å². The summed E-state index contributed by atoms with van der Waals surface area (Å²) in [5.41, 5.74) is 0.917. The van der Waals surface area contributed by atoms with Gasteiger partial charge in [-0.05, 0) is 12.5 Å². The van der Waals surface area contributed by atoms with Crippen molar-refractivity contribution in [1.29, 1.82) is 5.41 Å². The van der Waals surface area contributed by atoms with E-state index in [1.54, 1.807) is 6.08 Å². The summed E-state index contributed by atoms with van der Waals surface area (Å²) in [5, 5.41) is 7.21. The van der Waals surface area contributed by atoms with Crippen molar-refractivity contribution in [3.8, 4) is 0 Å². The van der Waals surface area contributed by atoms with Gasteiger partial charge in [0.1, 0.15) is 0 Å². The molecule has 0 aliphatic carbocycles. The van der Waals surface area contributed by atoms with Crippen LogP contribution in [0.15, 0.2) is 24.3 Å². The molecule has 0 amide bonds. The Morgan fingerprint density at radius 3 is 2.55 bits per heavy atom. The molecule has 0 fully saturated rings. The molecule has 0 aromatic rings. The van der Waals surface area contributed by atoms with E-state index in [4.69, 9.17) is 5.41 Å². The molecule has 1 N–H and O–H groups in total. The number of hydrogen-bond donors (Lipinski definition) is 1. The lowest BCUT2D eigenvalue weighted by Crippen LogP contribution is -2.07. The third-order valence-electron chi connectivity index (χ3n) is 1.23. The molecule has 60 valence electrons. The van der Waals surface area contributed by atoms with Crippen LogP contribution >= 0.6 is 0 Å². The first-order valence-electron chi connectivity index (χ1n) is 3.46. The fourth-order valence-corrected chi connectivity index (χ4v) is 0.646. The highest BCUT2D eigenvalue weighted by Crippen LogP contribution is 2.01. The Balaban J connectivity index is 3.96. The molecule has 0 aromatic carbocycles. The minimum Gasteiger partial charge on any atom is -0.301 e. The van der Waals surface area contributed by atoms with Gasteiger partial charge in [0, 0.05) is 13.3 Å². The molecular formula is C9H13NO. The second-order valence-electron chi connectivity index (χ2n) is 2.37. The van der Waals surface area contributed by atoms with Crippen LogP contribution in [0.3, 0.4) is 0 Å². The van der Waals surface area contributed by atoms with E-state index in [0.717, 1.165) is 5.57 Å². The SMILES string of the molecule is C=C(/C=C\C)CC(=N)C(C)=O. The standard InChI is InChI=1S/C9H13NO/c1-4-5-7(2)6-9(10)8(3)11/h4-5,10H,2,6H2,1,3H3/b5-4-,10-9?. The minimum absolute atomic E-state index is 0.119. The number of carbonyl (C=O) groups is 1. The quantitative estimate of drug-likeness (QED) is 0.485. The Labute approximate surface area is 67.1 Å². The highest BCUT2D eigenvalue weighted by atomic mass is 16.1. The molecule has 0 bridgehead atoms. The fraction of sp³-hybridized carbons (Fsp3) is 0.333. The molecule has 0 aliphatic heterocycles. The smallest absolute Gasteiger partial charge is 0.173 e. The summed E-state index contributed by atoms with van der Waals surface area (Å²) in [4.78, 5) is 10.6. The van der Waals surface area contributed by atoms with Crippen LogP contribution in [-0.2, 0) is 4.79 Å². The highest BCUT2D eigenvalue weighted by molar-refractivity contribution is 6.38. The zero-order valence-electron chi connectivity index (χ0n) is 6.98. The molecule has 11 heavy (non-hydrogen) atoms. The summed E-state index contributed by atoms with van der Waals surface area (Å²) in [6.07, 6.45) is 4.01. The van der Waals surface area contributed by atoms with Gasteiger partial charge in [-0.25, -0.2) is 0 Å². The van der Waals surface area contributed by atoms with Gasteiger partial charge >= 0.3 is 0 Å². The van der Waals surface area contributed by atoms with Crippen molar-refractivity contribution < 1.29 is 4.79 Å². The predicted molar refractivity (Wildman–Crippen MR) is 47.0 cm³/mol. The molecular weight excluding hydrogens is 138 g/mol. The monoisotopic (exact) mass is 151 g/mol. The first kappa shape index (κ1) is 9.82. The van der Waals surface area contributed by atoms with Crippen LogP contribution in [-0.4, -0.2) is 11.5 Å². The molecule has 0 atom stereocenters. The number of Topliss-reactive ketones (excluding diaryl/α,β-unsaturated/α-hetero) is 1. The second kappa shape index (κ2) is 4.61. The van der Waals surface area contributed by atoms with Crippen molar-refractivity contribution >= 4 is 11.5 Å². The lowest BCUT2D eigenvalue weighted by Gasteiger charge is -1.97. The highest BCUT2D eigenvalue weighted by Gasteiger charge is 2.02. The lowest BCUT2D eigenvalue weighted by molar-refractivity contribution is -0.111. The van der Waals surface area contributed by atoms with Gasteiger partial charge in [0.25, 0.3) is 0 Å². The number of allylic oxidation sites excluding steroid dienone is 3. The molecule has 2 heteroatoms. The zero-order chi connectivity index (χ0) is 8.85. The van der Waals surface area contributed by atoms with Crippen LogP contribution in [0.4, 0.5) is 0 Å². The molecule has 0 aliphatic rings. The summed E-state index contributed by atoms with van der Waals surface area (Å²) in [6, 6.07) is 0. The van der Waals surface area contributed by atoms with Crippen molar-refractivity contribution in [2.24, 2.45) is 0 Å². The number of hydrogen-bond acceptors (Lipinski definition) is 2. The van der Waals surface area contributed by atoms with E-state index in [2.05, 4.69) is 6.58 Å². The molecule has 0 saturated heterocycles. The number of rotatable bonds is 4. The van der Waals surface area contributed by atoms with E-state index < -0.39 is 0 Å². The first-order chi connectivity index (χ1) is 5.07. The number of ketones is 1. The maximum atomic E-state index is 10.6. The van der Waals surface area contributed by atoms with E-state index >= 15 is 0 Å². The maximum absolute atomic E-state index is 10.6. The van der Waals surface area contributed by atoms with Gasteiger partial charge in [0.15, 0.2) is 5.78 Å². The number of nitrogens with one attached hydrogen (secondary N) is 1. The van der Waals surface area contributed by atoms with E-state index in [9.17, 15) is 4.79 Å². The number of carbonyl (C=O) groups excluding carboxylic acids is 1. The molecule has 0 heterocycles. The van der Waals surface area contributed by atoms with Crippen molar-refractivity contribution in [3.63, 3.8) is 0 Å². The minimum atomic E-state index is -0.185. The van der Waals surface area contributed by atoms with Crippen molar-refractivity contribution in [1.82, 2.24) is 0 Å². The molecule has 0 rings (SSSR count). The Bertz CT molecular complexity index is 214. The third kappa shape index (κ3) is 4.25. The van der Waals surface area contributed by atoms with Crippen LogP contribution in [0.5, 0.6) is 0 Å². The topological polar surface area (TPSA) is 40.9 Å². The molecule has 0 spiro atoms. The van der Waals surface area contributed by atoms with E-state index in [-0.39, 0.29) is 11.5 Å². The summed E-state index contributed by atoms with van der Waals surface area (Å²) in [5.74, 6) is -0.185. The summed E-state index contributed by atoms with van der Waals surface area (Å²) in [6.45, 7) is 6.96. The fourth-order valence-electron chi connectivity index (χ4n) is 0.646. The van der Waals surface area contributed by atoms with Gasteiger partial charge in [-0.15, -0.1) is 0 Å². The molecule has 0 unspecified atom stereocenters. The van der Waals surface area contributed by atoms with Crippen LogP contribution < -0.4 is 0 Å². The van der Waals surface area contributed by atoms with Crippen molar-refractivity contribution in [2.75, 3.05) is 0 Å². The Kier molecular flexibility index (Phi) is 4.11. The Morgan fingerprint density at radius 1 is 1.64 bits per heavy atom. The molecule has 2 nitrogen and oxygen atoms in total. The normalized spacial score (nSPS) is 10.0. The third-order valence-corrected chi connectivity index (χ3v) is 1.23. The van der Waals surface area contributed by atoms with Gasteiger partial charge in [0.05, 0.1) is 5.71 Å². The largest absolute Gasteiger partial charge is 0.301 e. The summed E-state index contributed by atoms with van der Waals surface area (Å²) >= 11 is 0. The summed E-state index contributed by atoms with van der Waals surface area (Å²) < 4.78 is 0. The van der Waals surface area contributed by atoms with Crippen molar-refractivity contribution in [3.05, 3.63) is 24.3 Å². The van der Waals surface area contributed by atoms with E-state index in [1.165, 1.54) is 6.92 Å².